The van der Waals surface area contributed by atoms with E-state index >= 15 is 0 Å². The minimum atomic E-state index is -0.0970. The second-order valence-corrected chi connectivity index (χ2v) is 11.3. The number of ether oxygens (including phenoxy) is 1. The summed E-state index contributed by atoms with van der Waals surface area (Å²) in [5.41, 5.74) is 2.90. The minimum absolute atomic E-state index is 0.0539. The molecule has 2 heterocycles. The minimum Gasteiger partial charge on any atom is -0.377 e. The number of carbonyl (C=O) groups excluding carboxylic acids is 2. The number of pyridine rings is 1. The van der Waals surface area contributed by atoms with Gasteiger partial charge in [0.15, 0.2) is 0 Å². The van der Waals surface area contributed by atoms with Crippen molar-refractivity contribution in [3.63, 3.8) is 0 Å². The molecular formula is C26H34N4O3. The van der Waals surface area contributed by atoms with Gasteiger partial charge in [-0.25, -0.2) is 4.98 Å². The summed E-state index contributed by atoms with van der Waals surface area (Å²) in [6, 6.07) is 5.56. The van der Waals surface area contributed by atoms with Crippen LogP contribution in [0.25, 0.3) is 5.65 Å². The summed E-state index contributed by atoms with van der Waals surface area (Å²) in [4.78, 5) is 30.0. The van der Waals surface area contributed by atoms with Gasteiger partial charge in [0.1, 0.15) is 11.3 Å². The largest absolute Gasteiger partial charge is 0.377 e. The molecule has 5 unspecified atom stereocenters. The Balaban J connectivity index is 1.09. The van der Waals surface area contributed by atoms with Crippen molar-refractivity contribution >= 4 is 17.5 Å². The normalized spacial score (nSPS) is 33.0. The van der Waals surface area contributed by atoms with E-state index in [0.717, 1.165) is 24.3 Å². The van der Waals surface area contributed by atoms with Crippen molar-refractivity contribution in [3.05, 3.63) is 35.8 Å². The molecule has 176 valence electrons. The van der Waals surface area contributed by atoms with E-state index in [2.05, 4.69) is 15.6 Å². The Morgan fingerprint density at radius 2 is 2.12 bits per heavy atom. The molecule has 4 fully saturated rings. The smallest absolute Gasteiger partial charge is 0.268 e. The highest BCUT2D eigenvalue weighted by atomic mass is 16.5. The highest BCUT2D eigenvalue weighted by molar-refractivity contribution is 5.93. The molecule has 0 saturated heterocycles. The van der Waals surface area contributed by atoms with Crippen molar-refractivity contribution < 1.29 is 14.3 Å². The first-order chi connectivity index (χ1) is 15.9. The van der Waals surface area contributed by atoms with E-state index in [-0.39, 0.29) is 24.3 Å². The standard InChI is InChI=1S/C26H34N4O3/c1-16(2)33-7-6-27-23(31)9-19-13-30-21(4-3-5-22(30)29-19)24(32)28-15-25-10-17-8-20(17)26(14-25)12-18(26)11-25/h3-5,13,16-18,20H,6-12,14-15H2,1-2H3,(H,27,31)(H,28,32). The van der Waals surface area contributed by atoms with E-state index in [1.165, 1.54) is 32.1 Å². The van der Waals surface area contributed by atoms with Crippen LogP contribution >= 0.6 is 0 Å². The Hall–Kier alpha value is -2.41. The third-order valence-electron chi connectivity index (χ3n) is 8.63. The van der Waals surface area contributed by atoms with Gasteiger partial charge in [0.25, 0.3) is 5.91 Å². The van der Waals surface area contributed by atoms with Crippen molar-refractivity contribution in [2.75, 3.05) is 19.7 Å². The number of hydrogen-bond acceptors (Lipinski definition) is 4. The molecule has 4 aliphatic carbocycles. The van der Waals surface area contributed by atoms with Gasteiger partial charge in [-0.3, -0.25) is 14.0 Å². The molecule has 7 heteroatoms. The van der Waals surface area contributed by atoms with Crippen molar-refractivity contribution in [1.82, 2.24) is 20.0 Å². The Kier molecular flexibility index (Phi) is 4.84. The molecule has 2 aromatic rings. The molecule has 2 aromatic heterocycles. The SMILES string of the molecule is CC(C)OCCNC(=O)Cc1cn2c(C(=O)NCC34CC5CC5C5(CC5C3)C4)cccc2n1. The first-order valence-electron chi connectivity index (χ1n) is 12.5. The van der Waals surface area contributed by atoms with E-state index in [9.17, 15) is 9.59 Å². The highest BCUT2D eigenvalue weighted by Gasteiger charge is 2.76. The first-order valence-corrected chi connectivity index (χ1v) is 12.5. The summed E-state index contributed by atoms with van der Waals surface area (Å²) >= 11 is 0. The second kappa shape index (κ2) is 7.55. The van der Waals surface area contributed by atoms with Gasteiger partial charge in [-0.2, -0.15) is 0 Å². The molecule has 5 atom stereocenters. The summed E-state index contributed by atoms with van der Waals surface area (Å²) in [7, 11) is 0. The second-order valence-electron chi connectivity index (χ2n) is 11.3. The van der Waals surface area contributed by atoms with E-state index in [4.69, 9.17) is 4.74 Å². The molecule has 4 saturated carbocycles. The molecule has 2 amide bonds. The molecule has 0 radical (unpaired) electrons. The number of rotatable bonds is 9. The first kappa shape index (κ1) is 21.1. The van der Waals surface area contributed by atoms with Gasteiger partial charge < -0.3 is 15.4 Å². The fourth-order valence-electron chi connectivity index (χ4n) is 7.27. The van der Waals surface area contributed by atoms with E-state index in [1.807, 2.05) is 42.6 Å². The average molecular weight is 451 g/mol. The quantitative estimate of drug-likeness (QED) is 0.575. The van der Waals surface area contributed by atoms with E-state index < -0.39 is 0 Å². The maximum absolute atomic E-state index is 13.2. The number of carbonyl (C=O) groups is 2. The summed E-state index contributed by atoms with van der Waals surface area (Å²) in [5.74, 6) is 2.70. The van der Waals surface area contributed by atoms with Crippen LogP contribution in [0.15, 0.2) is 24.4 Å². The molecule has 2 N–H and O–H groups in total. The average Bonchev–Trinajstić information content (AvgIpc) is 3.61. The van der Waals surface area contributed by atoms with E-state index in [0.29, 0.717) is 41.0 Å². The van der Waals surface area contributed by atoms with Crippen LogP contribution in [0.4, 0.5) is 0 Å². The third kappa shape index (κ3) is 3.74. The van der Waals surface area contributed by atoms with Crippen LogP contribution in [-0.4, -0.2) is 47.0 Å². The molecule has 6 rings (SSSR count). The summed E-state index contributed by atoms with van der Waals surface area (Å²) < 4.78 is 7.26. The van der Waals surface area contributed by atoms with E-state index in [1.54, 1.807) is 0 Å². The van der Waals surface area contributed by atoms with Crippen LogP contribution in [0, 0.1) is 28.6 Å². The van der Waals surface area contributed by atoms with Crippen LogP contribution in [0.3, 0.4) is 0 Å². The maximum Gasteiger partial charge on any atom is 0.268 e. The topological polar surface area (TPSA) is 84.7 Å². The Labute approximate surface area is 194 Å². The zero-order chi connectivity index (χ0) is 22.8. The number of amides is 2. The zero-order valence-electron chi connectivity index (χ0n) is 19.6. The van der Waals surface area contributed by atoms with Crippen molar-refractivity contribution in [1.29, 1.82) is 0 Å². The van der Waals surface area contributed by atoms with Crippen molar-refractivity contribution in [2.45, 2.75) is 58.5 Å². The molecule has 7 nitrogen and oxygen atoms in total. The van der Waals surface area contributed by atoms with Gasteiger partial charge in [-0.05, 0) is 86.7 Å². The molecule has 4 aliphatic rings. The fraction of sp³-hybridized carbons (Fsp3) is 0.654. The molecule has 1 spiro atoms. The molecular weight excluding hydrogens is 416 g/mol. The highest BCUT2D eigenvalue weighted by Crippen LogP contribution is 2.83. The molecule has 0 aromatic carbocycles. The monoisotopic (exact) mass is 450 g/mol. The number of hydrogen-bond donors (Lipinski definition) is 2. The number of nitrogens with one attached hydrogen (secondary N) is 2. The van der Waals surface area contributed by atoms with Gasteiger partial charge in [0.2, 0.25) is 5.91 Å². The molecule has 2 bridgehead atoms. The van der Waals surface area contributed by atoms with Gasteiger partial charge in [-0.15, -0.1) is 0 Å². The summed E-state index contributed by atoms with van der Waals surface area (Å²) in [6.45, 7) is 5.69. The predicted molar refractivity (Wildman–Crippen MR) is 124 cm³/mol. The van der Waals surface area contributed by atoms with Crippen LogP contribution in [-0.2, 0) is 16.0 Å². The summed E-state index contributed by atoms with van der Waals surface area (Å²) in [5, 5.41) is 6.13. The van der Waals surface area contributed by atoms with Gasteiger partial charge in [0.05, 0.1) is 24.8 Å². The van der Waals surface area contributed by atoms with Crippen molar-refractivity contribution in [2.24, 2.45) is 28.6 Å². The van der Waals surface area contributed by atoms with Gasteiger partial charge >= 0.3 is 0 Å². The predicted octanol–water partition coefficient (Wildman–Crippen LogP) is 2.97. The van der Waals surface area contributed by atoms with Crippen LogP contribution in [0.2, 0.25) is 0 Å². The summed E-state index contributed by atoms with van der Waals surface area (Å²) in [6.07, 6.45) is 8.93. The Morgan fingerprint density at radius 3 is 2.97 bits per heavy atom. The number of fused-ring (bicyclic) bond motifs is 3. The molecule has 0 aliphatic heterocycles. The lowest BCUT2D eigenvalue weighted by Gasteiger charge is -2.36. The molecule has 33 heavy (non-hydrogen) atoms. The van der Waals surface area contributed by atoms with Gasteiger partial charge in [-0.1, -0.05) is 6.07 Å². The maximum atomic E-state index is 13.2. The Morgan fingerprint density at radius 1 is 1.24 bits per heavy atom. The zero-order valence-corrected chi connectivity index (χ0v) is 19.6. The van der Waals surface area contributed by atoms with Gasteiger partial charge in [0, 0.05) is 19.3 Å². The van der Waals surface area contributed by atoms with Crippen LogP contribution in [0.1, 0.15) is 62.1 Å². The van der Waals surface area contributed by atoms with Crippen molar-refractivity contribution in [3.8, 4) is 0 Å². The lowest BCUT2D eigenvalue weighted by atomic mass is 9.71. The Bertz CT molecular complexity index is 1110. The fourth-order valence-corrected chi connectivity index (χ4v) is 7.27. The number of imidazole rings is 1. The third-order valence-corrected chi connectivity index (χ3v) is 8.63. The lowest BCUT2D eigenvalue weighted by Crippen LogP contribution is -2.40. The number of aromatic nitrogens is 2. The lowest BCUT2D eigenvalue weighted by molar-refractivity contribution is -0.120. The van der Waals surface area contributed by atoms with Crippen LogP contribution < -0.4 is 10.6 Å². The van der Waals surface area contributed by atoms with Crippen LogP contribution in [0.5, 0.6) is 0 Å². The number of nitrogens with zero attached hydrogens (tertiary/aromatic N) is 2.